The van der Waals surface area contributed by atoms with Crippen molar-refractivity contribution in [3.63, 3.8) is 0 Å². The first-order valence-corrected chi connectivity index (χ1v) is 9.58. The maximum absolute atomic E-state index is 12.7. The van der Waals surface area contributed by atoms with Crippen molar-refractivity contribution in [2.24, 2.45) is 0 Å². The summed E-state index contributed by atoms with van der Waals surface area (Å²) in [6, 6.07) is 20.6. The molecule has 7 heteroatoms. The van der Waals surface area contributed by atoms with Gasteiger partial charge in [0.05, 0.1) is 16.1 Å². The van der Waals surface area contributed by atoms with Crippen molar-refractivity contribution in [2.75, 3.05) is 5.32 Å². The minimum Gasteiger partial charge on any atom is -0.449 e. The van der Waals surface area contributed by atoms with Gasteiger partial charge in [-0.05, 0) is 42.6 Å². The van der Waals surface area contributed by atoms with Crippen LogP contribution in [-0.4, -0.2) is 16.2 Å². The summed E-state index contributed by atoms with van der Waals surface area (Å²) in [5, 5.41) is 13.2. The van der Waals surface area contributed by atoms with Crippen LogP contribution in [0.25, 0.3) is 10.8 Å². The molecule has 0 radical (unpaired) electrons. The zero-order valence-electron chi connectivity index (χ0n) is 15.0. The predicted molar refractivity (Wildman–Crippen MR) is 108 cm³/mol. The van der Waals surface area contributed by atoms with E-state index in [-0.39, 0.29) is 5.89 Å². The summed E-state index contributed by atoms with van der Waals surface area (Å²) >= 11 is 1.50. The average molecular weight is 391 g/mol. The van der Waals surface area contributed by atoms with Crippen LogP contribution in [0.15, 0.2) is 76.5 Å². The van der Waals surface area contributed by atoms with Gasteiger partial charge in [0.15, 0.2) is 6.10 Å². The number of ether oxygens (including phenoxy) is 1. The smallest absolute Gasteiger partial charge is 0.341 e. The number of anilines is 2. The predicted octanol–water partition coefficient (Wildman–Crippen LogP) is 5.46. The van der Waals surface area contributed by atoms with Gasteiger partial charge in [0.1, 0.15) is 0 Å². The van der Waals surface area contributed by atoms with Crippen LogP contribution >= 0.6 is 11.3 Å². The summed E-state index contributed by atoms with van der Waals surface area (Å²) < 4.78 is 11.2. The van der Waals surface area contributed by atoms with Gasteiger partial charge >= 0.3 is 5.97 Å². The van der Waals surface area contributed by atoms with Gasteiger partial charge in [-0.25, -0.2) is 4.79 Å². The second-order valence-electron chi connectivity index (χ2n) is 6.01. The Balaban J connectivity index is 1.49. The summed E-state index contributed by atoms with van der Waals surface area (Å²) in [5.74, 6) is 0.201. The van der Waals surface area contributed by atoms with Crippen molar-refractivity contribution in [1.29, 1.82) is 0 Å². The molecule has 2 aromatic carbocycles. The van der Waals surface area contributed by atoms with E-state index >= 15 is 0 Å². The number of hydrogen-bond acceptors (Lipinski definition) is 7. The molecule has 6 nitrogen and oxygen atoms in total. The van der Waals surface area contributed by atoms with Gasteiger partial charge in [-0.3, -0.25) is 0 Å². The zero-order chi connectivity index (χ0) is 19.3. The van der Waals surface area contributed by atoms with Gasteiger partial charge in [-0.1, -0.05) is 36.4 Å². The number of para-hydroxylation sites is 2. The molecule has 4 rings (SSSR count). The van der Waals surface area contributed by atoms with Crippen LogP contribution in [-0.2, 0) is 4.74 Å². The lowest BCUT2D eigenvalue weighted by Crippen LogP contribution is -2.11. The molecule has 1 N–H and O–H groups in total. The number of esters is 1. The minimum absolute atomic E-state index is 0.255. The van der Waals surface area contributed by atoms with Crippen LogP contribution in [0.1, 0.15) is 29.3 Å². The molecule has 28 heavy (non-hydrogen) atoms. The average Bonchev–Trinajstić information content (AvgIpc) is 3.41. The summed E-state index contributed by atoms with van der Waals surface area (Å²) in [6.07, 6.45) is -0.668. The third-order valence-corrected chi connectivity index (χ3v) is 4.86. The molecule has 0 amide bonds. The molecule has 0 aliphatic rings. The summed E-state index contributed by atoms with van der Waals surface area (Å²) in [4.78, 5) is 13.6. The van der Waals surface area contributed by atoms with E-state index in [1.54, 1.807) is 19.1 Å². The van der Waals surface area contributed by atoms with Crippen LogP contribution in [0.5, 0.6) is 0 Å². The van der Waals surface area contributed by atoms with Crippen molar-refractivity contribution in [2.45, 2.75) is 13.0 Å². The number of benzene rings is 2. The number of aromatic nitrogens is 2. The third kappa shape index (κ3) is 3.94. The largest absolute Gasteiger partial charge is 0.449 e. The Morgan fingerprint density at radius 1 is 1.04 bits per heavy atom. The van der Waals surface area contributed by atoms with Gasteiger partial charge in [-0.15, -0.1) is 21.5 Å². The fraction of sp³-hybridized carbons (Fsp3) is 0.0952. The highest BCUT2D eigenvalue weighted by atomic mass is 32.1. The second kappa shape index (κ2) is 8.06. The number of hydrogen-bond donors (Lipinski definition) is 1. The number of nitrogens with zero attached hydrogens (tertiary/aromatic N) is 2. The highest BCUT2D eigenvalue weighted by molar-refractivity contribution is 7.13. The number of rotatable bonds is 6. The van der Waals surface area contributed by atoms with Crippen LogP contribution in [0.3, 0.4) is 0 Å². The van der Waals surface area contributed by atoms with Crippen molar-refractivity contribution in [1.82, 2.24) is 10.2 Å². The zero-order valence-corrected chi connectivity index (χ0v) is 15.8. The highest BCUT2D eigenvalue weighted by Gasteiger charge is 2.21. The van der Waals surface area contributed by atoms with Gasteiger partial charge in [0.25, 0.3) is 11.8 Å². The van der Waals surface area contributed by atoms with Gasteiger partial charge in [-0.2, -0.15) is 0 Å². The summed E-state index contributed by atoms with van der Waals surface area (Å²) in [7, 11) is 0. The molecule has 4 aromatic rings. The lowest BCUT2D eigenvalue weighted by atomic mass is 10.1. The minimum atomic E-state index is -0.668. The molecular formula is C21H17N3O3S. The molecule has 140 valence electrons. The quantitative estimate of drug-likeness (QED) is 0.440. The monoisotopic (exact) mass is 391 g/mol. The van der Waals surface area contributed by atoms with Gasteiger partial charge in [0, 0.05) is 5.69 Å². The number of thiophene rings is 1. The highest BCUT2D eigenvalue weighted by Crippen LogP contribution is 2.27. The Bertz CT molecular complexity index is 1060. The van der Waals surface area contributed by atoms with Gasteiger partial charge in [0.2, 0.25) is 0 Å². The molecule has 1 atom stereocenters. The van der Waals surface area contributed by atoms with Crippen molar-refractivity contribution < 1.29 is 13.9 Å². The molecule has 0 fully saturated rings. The maximum Gasteiger partial charge on any atom is 0.341 e. The Labute approximate surface area is 165 Å². The first-order valence-electron chi connectivity index (χ1n) is 8.70. The Hall–Kier alpha value is -3.45. The lowest BCUT2D eigenvalue weighted by molar-refractivity contribution is 0.0281. The molecule has 0 saturated heterocycles. The first-order chi connectivity index (χ1) is 13.7. The number of nitrogens with one attached hydrogen (secondary N) is 1. The topological polar surface area (TPSA) is 77.2 Å². The maximum atomic E-state index is 12.7. The van der Waals surface area contributed by atoms with E-state index in [1.807, 2.05) is 60.0 Å². The van der Waals surface area contributed by atoms with E-state index in [2.05, 4.69) is 15.5 Å². The Morgan fingerprint density at radius 2 is 1.82 bits per heavy atom. The molecular weight excluding hydrogens is 374 g/mol. The summed E-state index contributed by atoms with van der Waals surface area (Å²) in [5.41, 5.74) is 1.97. The second-order valence-corrected chi connectivity index (χ2v) is 6.95. The Morgan fingerprint density at radius 3 is 2.61 bits per heavy atom. The molecule has 0 aliphatic heterocycles. The third-order valence-electron chi connectivity index (χ3n) is 4.00. The van der Waals surface area contributed by atoms with Crippen LogP contribution in [0.4, 0.5) is 11.4 Å². The van der Waals surface area contributed by atoms with Crippen LogP contribution < -0.4 is 5.32 Å². The SMILES string of the molecule is C[C@H](OC(=O)c1ccccc1Nc1ccccc1)c1nnc(-c2cccs2)o1. The standard InChI is InChI=1S/C21H17N3O3S/c1-14(19-23-24-20(27-19)18-12-7-13-28-18)26-21(25)16-10-5-6-11-17(16)22-15-8-3-2-4-9-15/h2-14,22H,1H3/t14-/m0/s1. The molecule has 2 heterocycles. The van der Waals surface area contributed by atoms with Crippen molar-refractivity contribution >= 4 is 28.7 Å². The fourth-order valence-electron chi connectivity index (χ4n) is 2.62. The van der Waals surface area contributed by atoms with Crippen molar-refractivity contribution in [3.8, 4) is 10.8 Å². The Kier molecular flexibility index (Phi) is 5.16. The molecule has 0 spiro atoms. The van der Waals surface area contributed by atoms with Crippen molar-refractivity contribution in [3.05, 3.63) is 83.6 Å². The fourth-order valence-corrected chi connectivity index (χ4v) is 3.26. The summed E-state index contributed by atoms with van der Waals surface area (Å²) in [6.45, 7) is 1.71. The molecule has 0 aliphatic carbocycles. The molecule has 2 aromatic heterocycles. The van der Waals surface area contributed by atoms with E-state index in [0.29, 0.717) is 17.1 Å². The van der Waals surface area contributed by atoms with E-state index in [4.69, 9.17) is 9.15 Å². The lowest BCUT2D eigenvalue weighted by Gasteiger charge is -2.13. The van der Waals surface area contributed by atoms with E-state index in [9.17, 15) is 4.79 Å². The molecule has 0 bridgehead atoms. The van der Waals surface area contributed by atoms with E-state index < -0.39 is 12.1 Å². The number of carbonyl (C=O) groups is 1. The van der Waals surface area contributed by atoms with Crippen LogP contribution in [0.2, 0.25) is 0 Å². The number of carbonyl (C=O) groups excluding carboxylic acids is 1. The van der Waals surface area contributed by atoms with Crippen LogP contribution in [0, 0.1) is 0 Å². The molecule has 0 saturated carbocycles. The van der Waals surface area contributed by atoms with E-state index in [1.165, 1.54) is 11.3 Å². The first kappa shape index (κ1) is 17.9. The normalized spacial score (nSPS) is 11.8. The van der Waals surface area contributed by atoms with Gasteiger partial charge < -0.3 is 14.5 Å². The molecule has 0 unspecified atom stereocenters. The van der Waals surface area contributed by atoms with E-state index in [0.717, 1.165) is 10.6 Å².